The van der Waals surface area contributed by atoms with E-state index in [0.29, 0.717) is 29.2 Å². The molecule has 8 heteroatoms. The lowest BCUT2D eigenvalue weighted by molar-refractivity contribution is 0.0698. The number of H-pyrrole nitrogens is 1. The normalized spacial score (nSPS) is 11.1. The lowest BCUT2D eigenvalue weighted by atomic mass is 10.2. The Hall–Kier alpha value is -2.90. The van der Waals surface area contributed by atoms with Crippen LogP contribution < -0.4 is 5.69 Å². The fourth-order valence-electron chi connectivity index (χ4n) is 2.26. The Bertz CT molecular complexity index is 874. The molecule has 0 fully saturated rings. The van der Waals surface area contributed by atoms with Crippen LogP contribution in [0.1, 0.15) is 22.1 Å². The number of hydrogen-bond donors (Lipinski definition) is 2. The predicted octanol–water partition coefficient (Wildman–Crippen LogP) is 0.962. The average Bonchev–Trinajstić information content (AvgIpc) is 2.98. The molecule has 0 atom stereocenters. The molecule has 21 heavy (non-hydrogen) atoms. The maximum absolute atomic E-state index is 12.0. The molecule has 0 radical (unpaired) electrons. The van der Waals surface area contributed by atoms with Crippen molar-refractivity contribution in [3.05, 3.63) is 46.0 Å². The van der Waals surface area contributed by atoms with Gasteiger partial charge in [-0.3, -0.25) is 4.57 Å². The smallest absolute Gasteiger partial charge is 0.337 e. The standard InChI is InChI=1S/C13H12N4O4/c1-7-14-10(16-21-7)5-6-17-11-8(12(18)19)3-2-4-9(11)15-13(17)20/h2-4H,5-6H2,1H3,(H,15,20)(H,18,19). The van der Waals surface area contributed by atoms with E-state index < -0.39 is 5.97 Å². The van der Waals surface area contributed by atoms with Gasteiger partial charge in [0.25, 0.3) is 0 Å². The van der Waals surface area contributed by atoms with Gasteiger partial charge in [0, 0.05) is 19.9 Å². The molecule has 8 nitrogen and oxygen atoms in total. The van der Waals surface area contributed by atoms with E-state index in [2.05, 4.69) is 15.1 Å². The van der Waals surface area contributed by atoms with Gasteiger partial charge in [0.15, 0.2) is 5.82 Å². The summed E-state index contributed by atoms with van der Waals surface area (Å²) in [6.45, 7) is 1.94. The van der Waals surface area contributed by atoms with E-state index in [4.69, 9.17) is 4.52 Å². The number of rotatable bonds is 4. The Morgan fingerprint density at radius 2 is 2.29 bits per heavy atom. The van der Waals surface area contributed by atoms with E-state index in [1.54, 1.807) is 19.1 Å². The van der Waals surface area contributed by atoms with Gasteiger partial charge in [-0.25, -0.2) is 9.59 Å². The molecule has 0 bridgehead atoms. The summed E-state index contributed by atoms with van der Waals surface area (Å²) < 4.78 is 6.24. The highest BCUT2D eigenvalue weighted by Gasteiger charge is 2.15. The fourth-order valence-corrected chi connectivity index (χ4v) is 2.26. The average molecular weight is 288 g/mol. The minimum atomic E-state index is -1.08. The summed E-state index contributed by atoms with van der Waals surface area (Å²) in [5.74, 6) is -0.159. The van der Waals surface area contributed by atoms with E-state index >= 15 is 0 Å². The van der Waals surface area contributed by atoms with Crippen LogP contribution in [0.15, 0.2) is 27.5 Å². The van der Waals surface area contributed by atoms with Crippen LogP contribution in [-0.4, -0.2) is 30.8 Å². The molecule has 108 valence electrons. The highest BCUT2D eigenvalue weighted by molar-refractivity contribution is 6.01. The largest absolute Gasteiger partial charge is 0.478 e. The van der Waals surface area contributed by atoms with E-state index in [1.807, 2.05) is 0 Å². The molecule has 1 aromatic carbocycles. The van der Waals surface area contributed by atoms with E-state index in [1.165, 1.54) is 10.6 Å². The third-order valence-electron chi connectivity index (χ3n) is 3.15. The minimum absolute atomic E-state index is 0.0788. The van der Waals surface area contributed by atoms with Crippen LogP contribution in [-0.2, 0) is 13.0 Å². The zero-order valence-electron chi connectivity index (χ0n) is 11.2. The summed E-state index contributed by atoms with van der Waals surface area (Å²) in [6.07, 6.45) is 0.373. The maximum atomic E-state index is 12.0. The summed E-state index contributed by atoms with van der Waals surface area (Å²) in [4.78, 5) is 30.0. The zero-order valence-corrected chi connectivity index (χ0v) is 11.2. The lowest BCUT2D eigenvalue weighted by Crippen LogP contribution is -2.19. The van der Waals surface area contributed by atoms with Crippen molar-refractivity contribution in [3.8, 4) is 0 Å². The molecule has 0 unspecified atom stereocenters. The summed E-state index contributed by atoms with van der Waals surface area (Å²) in [6, 6.07) is 4.72. The predicted molar refractivity (Wildman–Crippen MR) is 72.3 cm³/mol. The molecule has 0 aliphatic carbocycles. The summed E-state index contributed by atoms with van der Waals surface area (Å²) in [5, 5.41) is 13.0. The molecular weight excluding hydrogens is 276 g/mol. The molecular formula is C13H12N4O4. The van der Waals surface area contributed by atoms with Crippen LogP contribution in [0, 0.1) is 6.92 Å². The topological polar surface area (TPSA) is 114 Å². The van der Waals surface area contributed by atoms with E-state index in [-0.39, 0.29) is 17.8 Å². The number of carbonyl (C=O) groups is 1. The Labute approximate surface area is 118 Å². The Kier molecular flexibility index (Phi) is 3.05. The number of benzene rings is 1. The van der Waals surface area contributed by atoms with Crippen molar-refractivity contribution >= 4 is 17.0 Å². The van der Waals surface area contributed by atoms with Crippen LogP contribution >= 0.6 is 0 Å². The number of nitrogens with zero attached hydrogens (tertiary/aromatic N) is 3. The summed E-state index contributed by atoms with van der Waals surface area (Å²) >= 11 is 0. The summed E-state index contributed by atoms with van der Waals surface area (Å²) in [7, 11) is 0. The number of aromatic carboxylic acids is 1. The highest BCUT2D eigenvalue weighted by Crippen LogP contribution is 2.16. The van der Waals surface area contributed by atoms with Gasteiger partial charge in [-0.15, -0.1) is 0 Å². The van der Waals surface area contributed by atoms with Crippen LogP contribution in [0.2, 0.25) is 0 Å². The summed E-state index contributed by atoms with van der Waals surface area (Å²) in [5.41, 5.74) is 0.577. The first-order valence-electron chi connectivity index (χ1n) is 6.30. The molecule has 2 heterocycles. The van der Waals surface area contributed by atoms with Crippen molar-refractivity contribution in [2.45, 2.75) is 19.9 Å². The van der Waals surface area contributed by atoms with Gasteiger partial charge in [0.05, 0.1) is 16.6 Å². The first kappa shape index (κ1) is 13.1. The molecule has 0 amide bonds. The number of fused-ring (bicyclic) bond motifs is 1. The van der Waals surface area contributed by atoms with Crippen molar-refractivity contribution in [1.82, 2.24) is 19.7 Å². The number of aromatic amines is 1. The molecule has 0 aliphatic heterocycles. The minimum Gasteiger partial charge on any atom is -0.478 e. The van der Waals surface area contributed by atoms with Gasteiger partial charge >= 0.3 is 11.7 Å². The van der Waals surface area contributed by atoms with Gasteiger partial charge in [-0.05, 0) is 12.1 Å². The quantitative estimate of drug-likeness (QED) is 0.739. The number of imidazole rings is 1. The first-order chi connectivity index (χ1) is 10.1. The molecule has 2 N–H and O–H groups in total. The van der Waals surface area contributed by atoms with Crippen LogP contribution in [0.25, 0.3) is 11.0 Å². The van der Waals surface area contributed by atoms with Crippen molar-refractivity contribution in [1.29, 1.82) is 0 Å². The van der Waals surface area contributed by atoms with Crippen LogP contribution in [0.5, 0.6) is 0 Å². The number of aryl methyl sites for hydroxylation is 3. The highest BCUT2D eigenvalue weighted by atomic mass is 16.5. The number of carboxylic acids is 1. The number of hydrogen-bond acceptors (Lipinski definition) is 5. The lowest BCUT2D eigenvalue weighted by Gasteiger charge is -2.03. The number of para-hydroxylation sites is 1. The molecule has 3 rings (SSSR count). The second-order valence-corrected chi connectivity index (χ2v) is 4.57. The van der Waals surface area contributed by atoms with Crippen LogP contribution in [0.4, 0.5) is 0 Å². The number of aromatic nitrogens is 4. The molecule has 0 aliphatic rings. The van der Waals surface area contributed by atoms with Gasteiger partial charge in [-0.2, -0.15) is 4.98 Å². The third kappa shape index (κ3) is 2.31. The number of nitrogens with one attached hydrogen (secondary N) is 1. The SMILES string of the molecule is Cc1nc(CCn2c(=O)[nH]c3cccc(C(=O)O)c32)no1. The first-order valence-corrected chi connectivity index (χ1v) is 6.30. The van der Waals surface area contributed by atoms with Gasteiger partial charge in [0.1, 0.15) is 0 Å². The Morgan fingerprint density at radius 1 is 1.48 bits per heavy atom. The van der Waals surface area contributed by atoms with Crippen molar-refractivity contribution in [2.24, 2.45) is 0 Å². The van der Waals surface area contributed by atoms with Gasteiger partial charge < -0.3 is 14.6 Å². The molecule has 0 saturated heterocycles. The van der Waals surface area contributed by atoms with Crippen molar-refractivity contribution in [2.75, 3.05) is 0 Å². The van der Waals surface area contributed by atoms with Crippen LogP contribution in [0.3, 0.4) is 0 Å². The van der Waals surface area contributed by atoms with Gasteiger partial charge in [-0.1, -0.05) is 11.2 Å². The fraction of sp³-hybridized carbons (Fsp3) is 0.231. The third-order valence-corrected chi connectivity index (χ3v) is 3.15. The zero-order chi connectivity index (χ0) is 15.0. The monoisotopic (exact) mass is 288 g/mol. The molecule has 3 aromatic rings. The van der Waals surface area contributed by atoms with Crippen molar-refractivity contribution in [3.63, 3.8) is 0 Å². The number of carboxylic acid groups (broad SMARTS) is 1. The van der Waals surface area contributed by atoms with Gasteiger partial charge in [0.2, 0.25) is 5.89 Å². The van der Waals surface area contributed by atoms with Crippen molar-refractivity contribution < 1.29 is 14.4 Å². The second kappa shape index (κ2) is 4.89. The Balaban J connectivity index is 2.03. The Morgan fingerprint density at radius 3 is 2.95 bits per heavy atom. The van der Waals surface area contributed by atoms with E-state index in [9.17, 15) is 14.7 Å². The molecule has 2 aromatic heterocycles. The second-order valence-electron chi connectivity index (χ2n) is 4.57. The molecule has 0 spiro atoms. The van der Waals surface area contributed by atoms with E-state index in [0.717, 1.165) is 0 Å². The molecule has 0 saturated carbocycles. The maximum Gasteiger partial charge on any atom is 0.337 e.